The number of nitrogens with one attached hydrogen (secondary N) is 1. The minimum Gasteiger partial charge on any atom is -0.386 e. The monoisotopic (exact) mass is 291 g/mol. The first-order valence-corrected chi connectivity index (χ1v) is 6.18. The van der Waals surface area contributed by atoms with Gasteiger partial charge in [-0.3, -0.25) is 4.98 Å². The van der Waals surface area contributed by atoms with E-state index in [1.54, 1.807) is 6.20 Å². The molecule has 0 spiro atoms. The Hall–Kier alpha value is -1.39. The summed E-state index contributed by atoms with van der Waals surface area (Å²) in [4.78, 5) is 4.06. The quantitative estimate of drug-likeness (QED) is 0.898. The molecule has 0 saturated carbocycles. The van der Waals surface area contributed by atoms with Gasteiger partial charge in [-0.1, -0.05) is 28.1 Å². The van der Waals surface area contributed by atoms with E-state index in [4.69, 9.17) is 5.73 Å². The number of hydrogen-bond donors (Lipinski definition) is 2. The van der Waals surface area contributed by atoms with Crippen LogP contribution in [-0.2, 0) is 6.54 Å². The number of allylic oxidation sites excluding steroid dienone is 2. The summed E-state index contributed by atoms with van der Waals surface area (Å²) in [5, 5.41) is 3.24. The third kappa shape index (κ3) is 3.54. The Bertz CT molecular complexity index is 463. The number of hydrogen-bond acceptors (Lipinski definition) is 3. The predicted octanol–water partition coefficient (Wildman–Crippen LogP) is 2.23. The van der Waals surface area contributed by atoms with Crippen LogP contribution in [0.4, 0.5) is 0 Å². The molecule has 1 aliphatic carbocycles. The summed E-state index contributed by atoms with van der Waals surface area (Å²) < 4.78 is 1.02. The summed E-state index contributed by atoms with van der Waals surface area (Å²) in [7, 11) is 0. The van der Waals surface area contributed by atoms with Crippen molar-refractivity contribution in [1.82, 2.24) is 10.3 Å². The highest BCUT2D eigenvalue weighted by Gasteiger charge is 2.07. The highest BCUT2D eigenvalue weighted by Crippen LogP contribution is 2.18. The molecule has 3 nitrogen and oxygen atoms in total. The molecule has 1 unspecified atom stereocenters. The molecule has 88 valence electrons. The number of aromatic nitrogens is 1. The zero-order chi connectivity index (χ0) is 12.1. The van der Waals surface area contributed by atoms with Gasteiger partial charge in [-0.05, 0) is 29.4 Å². The fourth-order valence-corrected chi connectivity index (χ4v) is 1.96. The summed E-state index contributed by atoms with van der Waals surface area (Å²) in [5.41, 5.74) is 8.18. The van der Waals surface area contributed by atoms with Crippen LogP contribution in [0.1, 0.15) is 5.56 Å². The Morgan fingerprint density at radius 1 is 1.47 bits per heavy atom. The molecule has 2 rings (SSSR count). The summed E-state index contributed by atoms with van der Waals surface area (Å²) in [6, 6.07) is 3.90. The lowest BCUT2D eigenvalue weighted by atomic mass is 10.0. The van der Waals surface area contributed by atoms with Crippen molar-refractivity contribution < 1.29 is 0 Å². The molecule has 0 amide bonds. The Labute approximate surface area is 109 Å². The van der Waals surface area contributed by atoms with Gasteiger partial charge >= 0.3 is 0 Å². The van der Waals surface area contributed by atoms with E-state index in [9.17, 15) is 0 Å². The van der Waals surface area contributed by atoms with Crippen molar-refractivity contribution >= 4 is 15.9 Å². The van der Waals surface area contributed by atoms with Crippen LogP contribution in [0, 0.1) is 0 Å². The van der Waals surface area contributed by atoms with E-state index < -0.39 is 0 Å². The largest absolute Gasteiger partial charge is 0.386 e. The Balaban J connectivity index is 1.92. The molecule has 1 aliphatic rings. The lowest BCUT2D eigenvalue weighted by Crippen LogP contribution is -2.22. The minimum atomic E-state index is -0.0595. The van der Waals surface area contributed by atoms with Crippen LogP contribution in [0.5, 0.6) is 0 Å². The van der Waals surface area contributed by atoms with E-state index in [-0.39, 0.29) is 6.04 Å². The standard InChI is InChI=1S/C13H14BrN3/c14-12-4-3-11(13(15)6-12)9-17-8-10-2-1-5-16-7-10/h1-7,9,13,17H,8,15H2/b11-9-. The van der Waals surface area contributed by atoms with E-state index >= 15 is 0 Å². The van der Waals surface area contributed by atoms with E-state index in [1.807, 2.05) is 42.8 Å². The zero-order valence-electron chi connectivity index (χ0n) is 9.31. The van der Waals surface area contributed by atoms with Gasteiger partial charge in [0, 0.05) is 29.6 Å². The molecular weight excluding hydrogens is 278 g/mol. The molecule has 1 atom stereocenters. The predicted molar refractivity (Wildman–Crippen MR) is 73.3 cm³/mol. The highest BCUT2D eigenvalue weighted by atomic mass is 79.9. The third-order valence-electron chi connectivity index (χ3n) is 2.46. The van der Waals surface area contributed by atoms with Gasteiger partial charge in [0.25, 0.3) is 0 Å². The molecule has 0 radical (unpaired) electrons. The maximum absolute atomic E-state index is 5.97. The van der Waals surface area contributed by atoms with Gasteiger partial charge in [0.05, 0.1) is 6.04 Å². The topological polar surface area (TPSA) is 50.9 Å². The number of nitrogens with zero attached hydrogens (tertiary/aromatic N) is 1. The van der Waals surface area contributed by atoms with Gasteiger partial charge in [0.2, 0.25) is 0 Å². The molecule has 0 saturated heterocycles. The molecule has 1 aromatic heterocycles. The van der Waals surface area contributed by atoms with E-state index in [0.29, 0.717) is 0 Å². The van der Waals surface area contributed by atoms with Crippen molar-refractivity contribution in [1.29, 1.82) is 0 Å². The molecule has 0 fully saturated rings. The van der Waals surface area contributed by atoms with Crippen molar-refractivity contribution in [2.45, 2.75) is 12.6 Å². The average Bonchev–Trinajstić information content (AvgIpc) is 2.33. The summed E-state index contributed by atoms with van der Waals surface area (Å²) in [6.07, 6.45) is 11.5. The van der Waals surface area contributed by atoms with Crippen molar-refractivity contribution in [2.24, 2.45) is 5.73 Å². The molecule has 0 bridgehead atoms. The third-order valence-corrected chi connectivity index (χ3v) is 2.99. The van der Waals surface area contributed by atoms with Crippen LogP contribution in [0.25, 0.3) is 0 Å². The highest BCUT2D eigenvalue weighted by molar-refractivity contribution is 9.11. The first kappa shape index (κ1) is 12.1. The fraction of sp³-hybridized carbons (Fsp3) is 0.154. The Morgan fingerprint density at radius 2 is 2.35 bits per heavy atom. The van der Waals surface area contributed by atoms with E-state index in [0.717, 1.165) is 22.2 Å². The maximum Gasteiger partial charge on any atom is 0.0509 e. The van der Waals surface area contributed by atoms with Gasteiger partial charge in [0.15, 0.2) is 0 Å². The molecule has 1 heterocycles. The van der Waals surface area contributed by atoms with Crippen molar-refractivity contribution in [2.75, 3.05) is 0 Å². The fourth-order valence-electron chi connectivity index (χ4n) is 1.54. The van der Waals surface area contributed by atoms with Gasteiger partial charge < -0.3 is 11.1 Å². The molecular formula is C13H14BrN3. The second-order valence-electron chi connectivity index (χ2n) is 3.80. The van der Waals surface area contributed by atoms with Crippen LogP contribution < -0.4 is 11.1 Å². The number of nitrogens with two attached hydrogens (primary N) is 1. The van der Waals surface area contributed by atoms with Crippen LogP contribution in [-0.4, -0.2) is 11.0 Å². The maximum atomic E-state index is 5.97. The van der Waals surface area contributed by atoms with Crippen LogP contribution in [0.2, 0.25) is 0 Å². The molecule has 0 aromatic carbocycles. The molecule has 4 heteroatoms. The molecule has 1 aromatic rings. The first-order chi connectivity index (χ1) is 8.25. The zero-order valence-corrected chi connectivity index (χ0v) is 10.9. The molecule has 17 heavy (non-hydrogen) atoms. The normalized spacial score (nSPS) is 21.4. The van der Waals surface area contributed by atoms with Crippen LogP contribution in [0.15, 0.2) is 59.0 Å². The lowest BCUT2D eigenvalue weighted by molar-refractivity contribution is 0.838. The number of pyridine rings is 1. The van der Waals surface area contributed by atoms with E-state index in [1.165, 1.54) is 0 Å². The van der Waals surface area contributed by atoms with Crippen molar-refractivity contribution in [3.8, 4) is 0 Å². The number of rotatable bonds is 3. The van der Waals surface area contributed by atoms with Gasteiger partial charge in [-0.25, -0.2) is 0 Å². The van der Waals surface area contributed by atoms with Crippen molar-refractivity contribution in [3.05, 3.63) is 64.6 Å². The van der Waals surface area contributed by atoms with Crippen molar-refractivity contribution in [3.63, 3.8) is 0 Å². The summed E-state index contributed by atoms with van der Waals surface area (Å²) in [6.45, 7) is 0.753. The molecule has 3 N–H and O–H groups in total. The van der Waals surface area contributed by atoms with Gasteiger partial charge in [-0.2, -0.15) is 0 Å². The first-order valence-electron chi connectivity index (χ1n) is 5.39. The second kappa shape index (κ2) is 5.80. The van der Waals surface area contributed by atoms with Crippen LogP contribution in [0.3, 0.4) is 0 Å². The van der Waals surface area contributed by atoms with Gasteiger partial charge in [-0.15, -0.1) is 0 Å². The number of halogens is 1. The smallest absolute Gasteiger partial charge is 0.0509 e. The second-order valence-corrected chi connectivity index (χ2v) is 4.71. The average molecular weight is 292 g/mol. The van der Waals surface area contributed by atoms with E-state index in [2.05, 4.69) is 26.2 Å². The van der Waals surface area contributed by atoms with Crippen LogP contribution >= 0.6 is 15.9 Å². The summed E-state index contributed by atoms with van der Waals surface area (Å²) in [5.74, 6) is 0. The lowest BCUT2D eigenvalue weighted by Gasteiger charge is -2.13. The molecule has 0 aliphatic heterocycles. The minimum absolute atomic E-state index is 0.0595. The Morgan fingerprint density at radius 3 is 3.06 bits per heavy atom. The summed E-state index contributed by atoms with van der Waals surface area (Å²) >= 11 is 3.40. The SMILES string of the molecule is NC1C=C(Br)C=C/C1=C/NCc1cccnc1. The Kier molecular flexibility index (Phi) is 4.12. The van der Waals surface area contributed by atoms with Gasteiger partial charge in [0.1, 0.15) is 0 Å².